The quantitative estimate of drug-likeness (QED) is 0.888. The Labute approximate surface area is 113 Å². The van der Waals surface area contributed by atoms with E-state index in [1.807, 2.05) is 0 Å². The van der Waals surface area contributed by atoms with E-state index in [1.165, 1.54) is 13.8 Å². The number of aliphatic hydroxyl groups excluding tert-OH is 1. The minimum atomic E-state index is -4.65. The molecule has 0 aliphatic heterocycles. The molecular weight excluding hydrogens is 299 g/mol. The van der Waals surface area contributed by atoms with Gasteiger partial charge in [-0.2, -0.15) is 17.9 Å². The fraction of sp³-hybridized carbons (Fsp3) is 0.636. The average molecular weight is 313 g/mol. The molecule has 1 aromatic rings. The lowest BCUT2D eigenvalue weighted by atomic mass is 10.2. The summed E-state index contributed by atoms with van der Waals surface area (Å²) in [6, 6.07) is 0. The van der Waals surface area contributed by atoms with Gasteiger partial charge in [0, 0.05) is 5.56 Å². The van der Waals surface area contributed by atoms with Gasteiger partial charge < -0.3 is 9.52 Å². The molecular formula is C11H14F3NO4S. The first-order valence-electron chi connectivity index (χ1n) is 5.84. The molecule has 1 aromatic heterocycles. The highest BCUT2D eigenvalue weighted by atomic mass is 32.2. The summed E-state index contributed by atoms with van der Waals surface area (Å²) in [5, 5.41) is 9.18. The summed E-state index contributed by atoms with van der Waals surface area (Å²) in [6.07, 6.45) is -5.23. The SMILES string of the molecule is Cc1oc(C)c(S(=O)(=O)NC2(C(F)(F)F)CC2)c1CO. The van der Waals surface area contributed by atoms with Crippen LogP contribution in [0, 0.1) is 13.8 Å². The summed E-state index contributed by atoms with van der Waals surface area (Å²) in [5.74, 6) is 0.124. The van der Waals surface area contributed by atoms with Crippen LogP contribution < -0.4 is 4.72 Å². The highest BCUT2D eigenvalue weighted by molar-refractivity contribution is 7.89. The van der Waals surface area contributed by atoms with Crippen LogP contribution in [0.2, 0.25) is 0 Å². The highest BCUT2D eigenvalue weighted by Gasteiger charge is 2.65. The molecule has 0 saturated heterocycles. The summed E-state index contributed by atoms with van der Waals surface area (Å²) in [5.41, 5.74) is -2.41. The van der Waals surface area contributed by atoms with E-state index < -0.39 is 33.2 Å². The van der Waals surface area contributed by atoms with Crippen molar-refractivity contribution in [3.8, 4) is 0 Å². The molecule has 2 N–H and O–H groups in total. The van der Waals surface area contributed by atoms with Gasteiger partial charge >= 0.3 is 6.18 Å². The van der Waals surface area contributed by atoms with Crippen molar-refractivity contribution >= 4 is 10.0 Å². The number of halogens is 3. The first-order valence-corrected chi connectivity index (χ1v) is 7.33. The molecule has 9 heteroatoms. The molecule has 0 amide bonds. The van der Waals surface area contributed by atoms with E-state index in [9.17, 15) is 26.7 Å². The molecule has 1 aliphatic rings. The van der Waals surface area contributed by atoms with Crippen molar-refractivity contribution in [1.82, 2.24) is 4.72 Å². The normalized spacial score (nSPS) is 18.3. The summed E-state index contributed by atoms with van der Waals surface area (Å²) >= 11 is 0. The van der Waals surface area contributed by atoms with Gasteiger partial charge in [-0.3, -0.25) is 0 Å². The molecule has 0 unspecified atom stereocenters. The molecule has 0 spiro atoms. The molecule has 0 atom stereocenters. The largest absolute Gasteiger partial charge is 0.465 e. The highest BCUT2D eigenvalue weighted by Crippen LogP contribution is 2.50. The second kappa shape index (κ2) is 4.47. The van der Waals surface area contributed by atoms with Crippen LogP contribution in [0.15, 0.2) is 9.31 Å². The minimum Gasteiger partial charge on any atom is -0.465 e. The first-order chi connectivity index (χ1) is 9.04. The first kappa shape index (κ1) is 15.3. The Hall–Kier alpha value is -1.06. The van der Waals surface area contributed by atoms with Gasteiger partial charge in [-0.15, -0.1) is 0 Å². The van der Waals surface area contributed by atoms with E-state index in [0.29, 0.717) is 0 Å². The average Bonchev–Trinajstić information content (AvgIpc) is 2.97. The summed E-state index contributed by atoms with van der Waals surface area (Å²) in [4.78, 5) is -0.409. The van der Waals surface area contributed by atoms with Crippen molar-refractivity contribution in [2.75, 3.05) is 0 Å². The Bertz CT molecular complexity index is 629. The Balaban J connectivity index is 2.43. The lowest BCUT2D eigenvalue weighted by molar-refractivity contribution is -0.160. The monoisotopic (exact) mass is 313 g/mol. The molecule has 0 aromatic carbocycles. The van der Waals surface area contributed by atoms with Crippen LogP contribution in [0.5, 0.6) is 0 Å². The molecule has 1 aliphatic carbocycles. The van der Waals surface area contributed by atoms with Gasteiger partial charge in [0.15, 0.2) is 0 Å². The van der Waals surface area contributed by atoms with Crippen molar-refractivity contribution in [2.45, 2.75) is 49.9 Å². The zero-order chi connectivity index (χ0) is 15.3. The van der Waals surface area contributed by atoms with Crippen LogP contribution in [0.1, 0.15) is 29.9 Å². The van der Waals surface area contributed by atoms with E-state index in [1.54, 1.807) is 4.72 Å². The number of sulfonamides is 1. The van der Waals surface area contributed by atoms with Crippen LogP contribution >= 0.6 is 0 Å². The Morgan fingerprint density at radius 1 is 1.30 bits per heavy atom. The van der Waals surface area contributed by atoms with Crippen LogP contribution in [0.4, 0.5) is 13.2 Å². The van der Waals surface area contributed by atoms with Crippen molar-refractivity contribution < 1.29 is 31.1 Å². The van der Waals surface area contributed by atoms with Gasteiger partial charge in [0.2, 0.25) is 10.0 Å². The van der Waals surface area contributed by atoms with E-state index in [4.69, 9.17) is 4.42 Å². The predicted octanol–water partition coefficient (Wildman–Crippen LogP) is 1.76. The van der Waals surface area contributed by atoms with Crippen LogP contribution in [0.25, 0.3) is 0 Å². The molecule has 1 saturated carbocycles. The zero-order valence-electron chi connectivity index (χ0n) is 10.8. The maximum absolute atomic E-state index is 12.8. The van der Waals surface area contributed by atoms with Gasteiger partial charge in [-0.05, 0) is 26.7 Å². The van der Waals surface area contributed by atoms with E-state index in [0.717, 1.165) is 0 Å². The van der Waals surface area contributed by atoms with Crippen molar-refractivity contribution in [3.05, 3.63) is 17.1 Å². The van der Waals surface area contributed by atoms with Gasteiger partial charge in [0.05, 0.1) is 6.61 Å². The number of nitrogens with one attached hydrogen (secondary N) is 1. The number of hydrogen-bond donors (Lipinski definition) is 2. The molecule has 1 fully saturated rings. The molecule has 0 radical (unpaired) electrons. The molecule has 5 nitrogen and oxygen atoms in total. The molecule has 114 valence electrons. The topological polar surface area (TPSA) is 79.5 Å². The summed E-state index contributed by atoms with van der Waals surface area (Å²) in [6.45, 7) is 2.14. The number of aliphatic hydroxyl groups is 1. The smallest absolute Gasteiger partial charge is 0.407 e. The summed E-state index contributed by atoms with van der Waals surface area (Å²) in [7, 11) is -4.41. The summed E-state index contributed by atoms with van der Waals surface area (Å²) < 4.78 is 69.6. The van der Waals surface area contributed by atoms with Crippen molar-refractivity contribution in [3.63, 3.8) is 0 Å². The van der Waals surface area contributed by atoms with Gasteiger partial charge in [0.1, 0.15) is 22.0 Å². The standard InChI is InChI=1S/C11H14F3NO4S/c1-6-8(5-16)9(7(2)19-6)20(17,18)15-10(3-4-10)11(12,13)14/h15-16H,3-5H2,1-2H3. The number of aryl methyl sites for hydroxylation is 2. The fourth-order valence-electron chi connectivity index (χ4n) is 2.12. The number of hydrogen-bond acceptors (Lipinski definition) is 4. The predicted molar refractivity (Wildman–Crippen MR) is 62.4 cm³/mol. The third-order valence-electron chi connectivity index (χ3n) is 3.37. The Morgan fingerprint density at radius 3 is 2.25 bits per heavy atom. The van der Waals surface area contributed by atoms with Crippen LogP contribution in [-0.2, 0) is 16.6 Å². The number of furan rings is 1. The zero-order valence-corrected chi connectivity index (χ0v) is 11.7. The second-order valence-corrected chi connectivity index (χ2v) is 6.48. The maximum atomic E-state index is 12.8. The van der Waals surface area contributed by atoms with E-state index in [2.05, 4.69) is 0 Å². The molecule has 2 rings (SSSR count). The molecule has 1 heterocycles. The van der Waals surface area contributed by atoms with Gasteiger partial charge in [-0.25, -0.2) is 8.42 Å². The number of alkyl halides is 3. The minimum absolute atomic E-state index is 0.0204. The van der Waals surface area contributed by atoms with Crippen molar-refractivity contribution in [2.24, 2.45) is 0 Å². The second-order valence-electron chi connectivity index (χ2n) is 4.87. The maximum Gasteiger partial charge on any atom is 0.407 e. The third kappa shape index (κ3) is 2.33. The van der Waals surface area contributed by atoms with Gasteiger partial charge in [0.25, 0.3) is 0 Å². The molecule has 0 bridgehead atoms. The van der Waals surface area contributed by atoms with E-state index >= 15 is 0 Å². The van der Waals surface area contributed by atoms with E-state index in [-0.39, 0.29) is 29.9 Å². The van der Waals surface area contributed by atoms with Crippen molar-refractivity contribution in [1.29, 1.82) is 0 Å². The number of rotatable bonds is 4. The lowest BCUT2D eigenvalue weighted by Gasteiger charge is -2.20. The van der Waals surface area contributed by atoms with Crippen LogP contribution in [-0.4, -0.2) is 25.2 Å². The molecule has 20 heavy (non-hydrogen) atoms. The third-order valence-corrected chi connectivity index (χ3v) is 5.10. The lowest BCUT2D eigenvalue weighted by Crippen LogP contribution is -2.47. The van der Waals surface area contributed by atoms with Crippen LogP contribution in [0.3, 0.4) is 0 Å². The fourth-order valence-corrected chi connectivity index (χ4v) is 4.01. The Morgan fingerprint density at radius 2 is 1.85 bits per heavy atom. The Kier molecular flexibility index (Phi) is 3.43. The van der Waals surface area contributed by atoms with Gasteiger partial charge in [-0.1, -0.05) is 0 Å².